The molecule has 2 heterocycles. The number of halogens is 1. The van der Waals surface area contributed by atoms with Crippen molar-refractivity contribution in [1.82, 2.24) is 14.9 Å². The van der Waals surface area contributed by atoms with Gasteiger partial charge in [-0.2, -0.15) is 0 Å². The molecule has 21 heavy (non-hydrogen) atoms. The number of nitrogens with zero attached hydrogens (tertiary/aromatic N) is 3. The second kappa shape index (κ2) is 6.41. The minimum atomic E-state index is 0.415. The summed E-state index contributed by atoms with van der Waals surface area (Å²) in [6.07, 6.45) is 2.37. The fourth-order valence-electron chi connectivity index (χ4n) is 2.70. The van der Waals surface area contributed by atoms with E-state index in [-0.39, 0.29) is 0 Å². The van der Waals surface area contributed by atoms with Crippen molar-refractivity contribution < 1.29 is 0 Å². The average Bonchev–Trinajstić information content (AvgIpc) is 2.47. The highest BCUT2D eigenvalue weighted by Gasteiger charge is 2.17. The number of piperidine rings is 1. The summed E-state index contributed by atoms with van der Waals surface area (Å²) < 4.78 is 0. The summed E-state index contributed by atoms with van der Waals surface area (Å²) in [6, 6.07) is 12.1. The van der Waals surface area contributed by atoms with E-state index in [9.17, 15) is 0 Å². The van der Waals surface area contributed by atoms with Crippen LogP contribution in [0.5, 0.6) is 0 Å². The molecular formula is C16H19ClN4. The average molecular weight is 303 g/mol. The van der Waals surface area contributed by atoms with E-state index in [1.807, 2.05) is 30.3 Å². The first-order valence-corrected chi connectivity index (χ1v) is 7.63. The summed E-state index contributed by atoms with van der Waals surface area (Å²) >= 11 is 6.14. The molecule has 1 unspecified atom stereocenters. The maximum absolute atomic E-state index is 6.14. The SMILES string of the molecule is CN1CCCC(Nc2cc(Cl)nc(-c3ccccc3)n2)C1. The van der Waals surface area contributed by atoms with Crippen LogP contribution in [0.4, 0.5) is 5.82 Å². The maximum atomic E-state index is 6.14. The van der Waals surface area contributed by atoms with Crippen molar-refractivity contribution in [2.45, 2.75) is 18.9 Å². The molecule has 0 spiro atoms. The number of aromatic nitrogens is 2. The van der Waals surface area contributed by atoms with Gasteiger partial charge in [-0.15, -0.1) is 0 Å². The predicted octanol–water partition coefficient (Wildman–Crippen LogP) is 3.30. The summed E-state index contributed by atoms with van der Waals surface area (Å²) in [5.74, 6) is 1.46. The van der Waals surface area contributed by atoms with Crippen molar-refractivity contribution in [1.29, 1.82) is 0 Å². The second-order valence-corrected chi connectivity index (χ2v) is 5.90. The van der Waals surface area contributed by atoms with E-state index < -0.39 is 0 Å². The quantitative estimate of drug-likeness (QED) is 0.883. The molecule has 1 aliphatic rings. The van der Waals surface area contributed by atoms with Crippen LogP contribution in [-0.2, 0) is 0 Å². The van der Waals surface area contributed by atoms with Gasteiger partial charge in [-0.1, -0.05) is 41.9 Å². The van der Waals surface area contributed by atoms with E-state index in [1.54, 1.807) is 6.07 Å². The van der Waals surface area contributed by atoms with E-state index in [2.05, 4.69) is 27.2 Å². The number of likely N-dealkylation sites (tertiary alicyclic amines) is 1. The van der Waals surface area contributed by atoms with Crippen LogP contribution in [0.2, 0.25) is 5.15 Å². The molecule has 1 saturated heterocycles. The van der Waals surface area contributed by atoms with Gasteiger partial charge in [0.05, 0.1) is 0 Å². The number of benzene rings is 1. The molecule has 5 heteroatoms. The molecule has 1 aromatic carbocycles. The minimum absolute atomic E-state index is 0.415. The van der Waals surface area contributed by atoms with Crippen LogP contribution in [0.3, 0.4) is 0 Å². The van der Waals surface area contributed by atoms with Gasteiger partial charge < -0.3 is 10.2 Å². The van der Waals surface area contributed by atoms with Gasteiger partial charge in [0.2, 0.25) is 0 Å². The molecule has 1 N–H and O–H groups in total. The van der Waals surface area contributed by atoms with Gasteiger partial charge in [0.15, 0.2) is 5.82 Å². The van der Waals surface area contributed by atoms with Gasteiger partial charge in [-0.3, -0.25) is 0 Å². The van der Waals surface area contributed by atoms with Crippen molar-refractivity contribution in [3.63, 3.8) is 0 Å². The Labute approximate surface area is 130 Å². The van der Waals surface area contributed by atoms with Crippen LogP contribution in [0.1, 0.15) is 12.8 Å². The molecule has 4 nitrogen and oxygen atoms in total. The Morgan fingerprint density at radius 1 is 1.24 bits per heavy atom. The number of nitrogens with one attached hydrogen (secondary N) is 1. The Kier molecular flexibility index (Phi) is 4.36. The highest BCUT2D eigenvalue weighted by Crippen LogP contribution is 2.21. The molecule has 0 radical (unpaired) electrons. The van der Waals surface area contributed by atoms with Crippen LogP contribution < -0.4 is 5.32 Å². The molecule has 2 aromatic rings. The zero-order valence-electron chi connectivity index (χ0n) is 12.1. The molecule has 0 aliphatic carbocycles. The highest BCUT2D eigenvalue weighted by atomic mass is 35.5. The van der Waals surface area contributed by atoms with E-state index in [1.165, 1.54) is 6.42 Å². The zero-order chi connectivity index (χ0) is 14.7. The largest absolute Gasteiger partial charge is 0.366 e. The van der Waals surface area contributed by atoms with Crippen LogP contribution in [0, 0.1) is 0 Å². The molecular weight excluding hydrogens is 284 g/mol. The molecule has 1 fully saturated rings. The van der Waals surface area contributed by atoms with Gasteiger partial charge >= 0.3 is 0 Å². The Hall–Kier alpha value is -1.65. The normalized spacial score (nSPS) is 19.4. The van der Waals surface area contributed by atoms with E-state index >= 15 is 0 Å². The number of anilines is 1. The molecule has 0 amide bonds. The molecule has 110 valence electrons. The lowest BCUT2D eigenvalue weighted by atomic mass is 10.1. The van der Waals surface area contributed by atoms with E-state index in [4.69, 9.17) is 11.6 Å². The lowest BCUT2D eigenvalue weighted by molar-refractivity contribution is 0.261. The third-order valence-corrected chi connectivity index (χ3v) is 3.90. The fraction of sp³-hybridized carbons (Fsp3) is 0.375. The van der Waals surface area contributed by atoms with Gasteiger partial charge in [0, 0.05) is 24.2 Å². The summed E-state index contributed by atoms with van der Waals surface area (Å²) in [5, 5.41) is 3.95. The molecule has 1 atom stereocenters. The van der Waals surface area contributed by atoms with Crippen molar-refractivity contribution in [3.05, 3.63) is 41.6 Å². The second-order valence-electron chi connectivity index (χ2n) is 5.51. The van der Waals surface area contributed by atoms with E-state index in [0.717, 1.165) is 30.9 Å². The Bertz CT molecular complexity index is 602. The molecule has 3 rings (SSSR count). The van der Waals surface area contributed by atoms with Crippen molar-refractivity contribution in [2.24, 2.45) is 0 Å². The third kappa shape index (κ3) is 3.71. The third-order valence-electron chi connectivity index (χ3n) is 3.70. The monoisotopic (exact) mass is 302 g/mol. The number of likely N-dealkylation sites (N-methyl/N-ethyl adjacent to an activating group) is 1. The number of hydrogen-bond acceptors (Lipinski definition) is 4. The molecule has 0 bridgehead atoms. The summed E-state index contributed by atoms with van der Waals surface area (Å²) in [4.78, 5) is 11.2. The predicted molar refractivity (Wildman–Crippen MR) is 86.6 cm³/mol. The highest BCUT2D eigenvalue weighted by molar-refractivity contribution is 6.29. The Morgan fingerprint density at radius 2 is 2.05 bits per heavy atom. The first-order chi connectivity index (χ1) is 10.2. The van der Waals surface area contributed by atoms with Gasteiger partial charge in [0.1, 0.15) is 11.0 Å². The first kappa shape index (κ1) is 14.3. The number of rotatable bonds is 3. The Balaban J connectivity index is 1.81. The standard InChI is InChI=1S/C16H19ClN4/c1-21-9-5-8-13(11-21)18-15-10-14(17)19-16(20-15)12-6-3-2-4-7-12/h2-4,6-7,10,13H,5,8-9,11H2,1H3,(H,18,19,20). The first-order valence-electron chi connectivity index (χ1n) is 7.26. The smallest absolute Gasteiger partial charge is 0.163 e. The van der Waals surface area contributed by atoms with Gasteiger partial charge in [-0.05, 0) is 26.4 Å². The van der Waals surface area contributed by atoms with E-state index in [0.29, 0.717) is 17.0 Å². The maximum Gasteiger partial charge on any atom is 0.163 e. The molecule has 0 saturated carbocycles. The van der Waals surface area contributed by atoms with Gasteiger partial charge in [-0.25, -0.2) is 9.97 Å². The fourth-order valence-corrected chi connectivity index (χ4v) is 2.88. The zero-order valence-corrected chi connectivity index (χ0v) is 12.8. The number of hydrogen-bond donors (Lipinski definition) is 1. The van der Waals surface area contributed by atoms with Crippen LogP contribution in [-0.4, -0.2) is 41.0 Å². The lowest BCUT2D eigenvalue weighted by Crippen LogP contribution is -2.39. The molecule has 1 aromatic heterocycles. The Morgan fingerprint density at radius 3 is 2.81 bits per heavy atom. The lowest BCUT2D eigenvalue weighted by Gasteiger charge is -2.30. The van der Waals surface area contributed by atoms with Crippen molar-refractivity contribution in [2.75, 3.05) is 25.5 Å². The summed E-state index contributed by atoms with van der Waals surface area (Å²) in [7, 11) is 2.15. The van der Waals surface area contributed by atoms with Crippen molar-refractivity contribution in [3.8, 4) is 11.4 Å². The summed E-state index contributed by atoms with van der Waals surface area (Å²) in [6.45, 7) is 2.19. The molecule has 1 aliphatic heterocycles. The van der Waals surface area contributed by atoms with Crippen LogP contribution >= 0.6 is 11.6 Å². The summed E-state index contributed by atoms with van der Waals surface area (Å²) in [5.41, 5.74) is 0.976. The van der Waals surface area contributed by atoms with Crippen molar-refractivity contribution >= 4 is 17.4 Å². The van der Waals surface area contributed by atoms with Crippen LogP contribution in [0.25, 0.3) is 11.4 Å². The topological polar surface area (TPSA) is 41.0 Å². The minimum Gasteiger partial charge on any atom is -0.366 e. The van der Waals surface area contributed by atoms with Crippen LogP contribution in [0.15, 0.2) is 36.4 Å². The van der Waals surface area contributed by atoms with Gasteiger partial charge in [0.25, 0.3) is 0 Å².